The van der Waals surface area contributed by atoms with Gasteiger partial charge in [0.1, 0.15) is 0 Å². The van der Waals surface area contributed by atoms with E-state index in [4.69, 9.17) is 11.0 Å². The summed E-state index contributed by atoms with van der Waals surface area (Å²) in [6, 6.07) is 5.62. The summed E-state index contributed by atoms with van der Waals surface area (Å²) in [6.07, 6.45) is 4.03. The predicted octanol–water partition coefficient (Wildman–Crippen LogP) is 1.06. The average Bonchev–Trinajstić information content (AvgIpc) is 2.34. The van der Waals surface area contributed by atoms with Crippen LogP contribution < -0.4 is 5.73 Å². The van der Waals surface area contributed by atoms with Gasteiger partial charge in [-0.25, -0.2) is 0 Å². The molecule has 18 heavy (non-hydrogen) atoms. The van der Waals surface area contributed by atoms with E-state index in [1.807, 2.05) is 12.1 Å². The molecule has 0 aliphatic heterocycles. The summed E-state index contributed by atoms with van der Waals surface area (Å²) in [7, 11) is 0. The number of carbonyl (C=O) groups is 1. The molecule has 1 aromatic rings. The number of hydrogen-bond donors (Lipinski definition) is 1. The first-order chi connectivity index (χ1) is 8.63. The molecule has 0 saturated carbocycles. The maximum absolute atomic E-state index is 12.0. The third-order valence-electron chi connectivity index (χ3n) is 2.44. The molecule has 0 bridgehead atoms. The second kappa shape index (κ2) is 7.41. The molecule has 0 saturated heterocycles. The normalized spacial score (nSPS) is 11.6. The van der Waals surface area contributed by atoms with Gasteiger partial charge in [-0.3, -0.25) is 9.78 Å². The molecule has 1 aromatic heterocycles. The second-order valence-electron chi connectivity index (χ2n) is 4.27. The number of pyridine rings is 1. The lowest BCUT2D eigenvalue weighted by atomic mass is 10.2. The van der Waals surface area contributed by atoms with Gasteiger partial charge in [-0.1, -0.05) is 6.07 Å². The molecule has 1 unspecified atom stereocenters. The zero-order valence-electron chi connectivity index (χ0n) is 10.5. The lowest BCUT2D eigenvalue weighted by Crippen LogP contribution is -2.35. The highest BCUT2D eigenvalue weighted by atomic mass is 16.2. The highest BCUT2D eigenvalue weighted by Gasteiger charge is 2.15. The van der Waals surface area contributed by atoms with Gasteiger partial charge in [0.05, 0.1) is 12.5 Å². The van der Waals surface area contributed by atoms with Gasteiger partial charge in [-0.15, -0.1) is 0 Å². The fourth-order valence-corrected chi connectivity index (χ4v) is 1.59. The molecule has 1 heterocycles. The number of nitriles is 1. The Morgan fingerprint density at radius 3 is 3.00 bits per heavy atom. The van der Waals surface area contributed by atoms with Crippen LogP contribution in [-0.2, 0) is 11.3 Å². The quantitative estimate of drug-likeness (QED) is 0.813. The molecule has 0 aliphatic carbocycles. The van der Waals surface area contributed by atoms with E-state index in [1.54, 1.807) is 24.2 Å². The van der Waals surface area contributed by atoms with E-state index < -0.39 is 0 Å². The Bertz CT molecular complexity index is 411. The Kier molecular flexibility index (Phi) is 5.81. The maximum Gasteiger partial charge on any atom is 0.224 e. The molecule has 1 atom stereocenters. The van der Waals surface area contributed by atoms with Crippen LogP contribution in [0.5, 0.6) is 0 Å². The maximum atomic E-state index is 12.0. The zero-order valence-corrected chi connectivity index (χ0v) is 10.5. The largest absolute Gasteiger partial charge is 0.337 e. The van der Waals surface area contributed by atoms with Crippen molar-refractivity contribution < 1.29 is 4.79 Å². The monoisotopic (exact) mass is 246 g/mol. The SMILES string of the molecule is CC(N)CC(=O)N(CCC#N)Cc1cccnc1. The minimum atomic E-state index is -0.170. The van der Waals surface area contributed by atoms with E-state index in [-0.39, 0.29) is 11.9 Å². The molecule has 2 N–H and O–H groups in total. The predicted molar refractivity (Wildman–Crippen MR) is 68.2 cm³/mol. The van der Waals surface area contributed by atoms with Gasteiger partial charge < -0.3 is 10.6 Å². The molecule has 0 radical (unpaired) electrons. The summed E-state index contributed by atoms with van der Waals surface area (Å²) in [4.78, 5) is 17.6. The van der Waals surface area contributed by atoms with Crippen molar-refractivity contribution in [3.05, 3.63) is 30.1 Å². The van der Waals surface area contributed by atoms with Crippen molar-refractivity contribution in [3.63, 3.8) is 0 Å². The zero-order chi connectivity index (χ0) is 13.4. The first kappa shape index (κ1) is 14.1. The third-order valence-corrected chi connectivity index (χ3v) is 2.44. The first-order valence-corrected chi connectivity index (χ1v) is 5.92. The minimum Gasteiger partial charge on any atom is -0.337 e. The van der Waals surface area contributed by atoms with Crippen molar-refractivity contribution in [1.29, 1.82) is 5.26 Å². The van der Waals surface area contributed by atoms with E-state index in [1.165, 1.54) is 0 Å². The Balaban J connectivity index is 2.66. The van der Waals surface area contributed by atoms with Crippen molar-refractivity contribution in [3.8, 4) is 6.07 Å². The Labute approximate surface area is 107 Å². The van der Waals surface area contributed by atoms with Crippen molar-refractivity contribution in [2.45, 2.75) is 32.4 Å². The van der Waals surface area contributed by atoms with Crippen molar-refractivity contribution in [2.24, 2.45) is 5.73 Å². The summed E-state index contributed by atoms with van der Waals surface area (Å²) in [5, 5.41) is 8.62. The summed E-state index contributed by atoms with van der Waals surface area (Å²) in [5.74, 6) is -0.0240. The molecule has 1 rings (SSSR count). The molecule has 0 spiro atoms. The lowest BCUT2D eigenvalue weighted by molar-refractivity contribution is -0.132. The number of rotatable bonds is 6. The third kappa shape index (κ3) is 4.93. The van der Waals surface area contributed by atoms with Crippen LogP contribution in [0.1, 0.15) is 25.3 Å². The molecular weight excluding hydrogens is 228 g/mol. The van der Waals surface area contributed by atoms with Crippen LogP contribution in [0.15, 0.2) is 24.5 Å². The van der Waals surface area contributed by atoms with E-state index in [2.05, 4.69) is 11.1 Å². The first-order valence-electron chi connectivity index (χ1n) is 5.92. The topological polar surface area (TPSA) is 83.0 Å². The van der Waals surface area contributed by atoms with Crippen LogP contribution in [0.25, 0.3) is 0 Å². The van der Waals surface area contributed by atoms with Gasteiger partial charge in [0, 0.05) is 37.9 Å². The molecule has 0 aromatic carbocycles. The van der Waals surface area contributed by atoms with Gasteiger partial charge in [-0.2, -0.15) is 5.26 Å². The van der Waals surface area contributed by atoms with E-state index >= 15 is 0 Å². The van der Waals surface area contributed by atoms with Gasteiger partial charge in [0.15, 0.2) is 0 Å². The molecule has 1 amide bonds. The molecule has 96 valence electrons. The van der Waals surface area contributed by atoms with Crippen LogP contribution in [-0.4, -0.2) is 28.4 Å². The lowest BCUT2D eigenvalue weighted by Gasteiger charge is -2.22. The molecular formula is C13H18N4O. The standard InChI is InChI=1S/C13H18N4O/c1-11(15)8-13(18)17(7-3-5-14)10-12-4-2-6-16-9-12/h2,4,6,9,11H,3,7-8,10,15H2,1H3. The fraction of sp³-hybridized carbons (Fsp3) is 0.462. The van der Waals surface area contributed by atoms with Gasteiger partial charge >= 0.3 is 0 Å². The molecule has 5 heteroatoms. The highest BCUT2D eigenvalue weighted by Crippen LogP contribution is 2.06. The Morgan fingerprint density at radius 2 is 2.44 bits per heavy atom. The van der Waals surface area contributed by atoms with Crippen LogP contribution in [0.2, 0.25) is 0 Å². The molecule has 5 nitrogen and oxygen atoms in total. The minimum absolute atomic E-state index is 0.0240. The van der Waals surface area contributed by atoms with Crippen molar-refractivity contribution >= 4 is 5.91 Å². The summed E-state index contributed by atoms with van der Waals surface area (Å²) < 4.78 is 0. The van der Waals surface area contributed by atoms with Crippen LogP contribution in [0.4, 0.5) is 0 Å². The Hall–Kier alpha value is -1.93. The number of carbonyl (C=O) groups excluding carboxylic acids is 1. The van der Waals surface area contributed by atoms with Gasteiger partial charge in [0.25, 0.3) is 0 Å². The van der Waals surface area contributed by atoms with E-state index in [9.17, 15) is 4.79 Å². The smallest absolute Gasteiger partial charge is 0.224 e. The summed E-state index contributed by atoms with van der Waals surface area (Å²) in [5.41, 5.74) is 6.58. The fourth-order valence-electron chi connectivity index (χ4n) is 1.59. The van der Waals surface area contributed by atoms with Crippen molar-refractivity contribution in [2.75, 3.05) is 6.54 Å². The highest BCUT2D eigenvalue weighted by molar-refractivity contribution is 5.76. The number of amides is 1. The summed E-state index contributed by atoms with van der Waals surface area (Å²) >= 11 is 0. The van der Waals surface area contributed by atoms with Crippen LogP contribution >= 0.6 is 0 Å². The average molecular weight is 246 g/mol. The number of hydrogen-bond acceptors (Lipinski definition) is 4. The Morgan fingerprint density at radius 1 is 1.67 bits per heavy atom. The number of nitrogens with zero attached hydrogens (tertiary/aromatic N) is 3. The van der Waals surface area contributed by atoms with Gasteiger partial charge in [0.2, 0.25) is 5.91 Å². The van der Waals surface area contributed by atoms with Crippen LogP contribution in [0.3, 0.4) is 0 Å². The number of nitrogens with two attached hydrogens (primary N) is 1. The molecule has 0 fully saturated rings. The summed E-state index contributed by atoms with van der Waals surface area (Å²) in [6.45, 7) is 2.70. The van der Waals surface area contributed by atoms with Crippen LogP contribution in [0, 0.1) is 11.3 Å². The van der Waals surface area contributed by atoms with E-state index in [0.717, 1.165) is 5.56 Å². The van der Waals surface area contributed by atoms with E-state index in [0.29, 0.717) is 25.9 Å². The number of aromatic nitrogens is 1. The van der Waals surface area contributed by atoms with Gasteiger partial charge in [-0.05, 0) is 18.6 Å². The second-order valence-corrected chi connectivity index (χ2v) is 4.27. The molecule has 0 aliphatic rings. The van der Waals surface area contributed by atoms with Crippen molar-refractivity contribution in [1.82, 2.24) is 9.88 Å².